The minimum absolute atomic E-state index is 0.122. The van der Waals surface area contributed by atoms with Crippen LogP contribution in [0.5, 0.6) is 0 Å². The molecule has 2 N–H and O–H groups in total. The molecule has 2 atom stereocenters. The molecular weight excluding hydrogens is 296 g/mol. The Kier molecular flexibility index (Phi) is 4.92. The van der Waals surface area contributed by atoms with Crippen LogP contribution in [-0.2, 0) is 4.79 Å². The molecule has 122 valence electrons. The number of Topliss-reactive ketones (excluding diaryl/α,β-unsaturated/α-hetero) is 1. The van der Waals surface area contributed by atoms with E-state index in [1.54, 1.807) is 0 Å². The van der Waals surface area contributed by atoms with Crippen molar-refractivity contribution in [2.75, 3.05) is 12.4 Å². The highest BCUT2D eigenvalue weighted by molar-refractivity contribution is 5.97. The molecule has 0 aliphatic rings. The topological polar surface area (TPSA) is 41.1 Å². The average Bonchev–Trinajstić information content (AvgIpc) is 2.63. The van der Waals surface area contributed by atoms with Crippen LogP contribution in [0.15, 0.2) is 72.8 Å². The number of nitrogens with one attached hydrogen (secondary N) is 2. The Morgan fingerprint density at radius 2 is 1.54 bits per heavy atom. The minimum Gasteiger partial charge on any atom is -0.375 e. The number of likely N-dealkylation sites (N-methyl/N-ethyl adjacent to an activating group) is 1. The molecule has 0 saturated heterocycles. The van der Waals surface area contributed by atoms with Crippen LogP contribution in [0.2, 0.25) is 0 Å². The number of rotatable bonds is 6. The molecule has 3 rings (SSSR count). The summed E-state index contributed by atoms with van der Waals surface area (Å²) in [6.45, 7) is 1.91. The second-order valence-corrected chi connectivity index (χ2v) is 5.93. The molecule has 3 nitrogen and oxygen atoms in total. The van der Waals surface area contributed by atoms with E-state index in [9.17, 15) is 4.79 Å². The third-order valence-electron chi connectivity index (χ3n) is 4.29. The van der Waals surface area contributed by atoms with Crippen molar-refractivity contribution in [3.05, 3.63) is 78.4 Å². The van der Waals surface area contributed by atoms with Crippen molar-refractivity contribution in [1.82, 2.24) is 5.32 Å². The second kappa shape index (κ2) is 7.28. The highest BCUT2D eigenvalue weighted by Gasteiger charge is 2.24. The maximum atomic E-state index is 12.9. The fraction of sp³-hybridized carbons (Fsp3) is 0.190. The first-order valence-electron chi connectivity index (χ1n) is 8.21. The maximum absolute atomic E-state index is 12.9. The summed E-state index contributed by atoms with van der Waals surface area (Å²) in [5.74, 6) is 0.122. The maximum Gasteiger partial charge on any atom is 0.176 e. The van der Waals surface area contributed by atoms with Crippen LogP contribution in [0.3, 0.4) is 0 Å². The van der Waals surface area contributed by atoms with Crippen molar-refractivity contribution in [2.45, 2.75) is 19.0 Å². The van der Waals surface area contributed by atoms with E-state index in [-0.39, 0.29) is 17.9 Å². The fourth-order valence-corrected chi connectivity index (χ4v) is 3.02. The van der Waals surface area contributed by atoms with Crippen molar-refractivity contribution >= 4 is 22.2 Å². The zero-order valence-corrected chi connectivity index (χ0v) is 14.0. The molecular formula is C21H22N2O. The van der Waals surface area contributed by atoms with Gasteiger partial charge in [0.15, 0.2) is 5.78 Å². The molecule has 3 heteroatoms. The van der Waals surface area contributed by atoms with Gasteiger partial charge in [0.05, 0.1) is 12.1 Å². The Balaban J connectivity index is 1.83. The van der Waals surface area contributed by atoms with E-state index in [2.05, 4.69) is 28.8 Å². The predicted octanol–water partition coefficient (Wildman–Crippen LogP) is 4.17. The zero-order valence-electron chi connectivity index (χ0n) is 14.0. The van der Waals surface area contributed by atoms with Gasteiger partial charge in [-0.15, -0.1) is 0 Å². The standard InChI is InChI=1S/C21H22N2O/c1-15(21(24)20(22-2)17-10-4-3-5-11-17)23-19-14-8-12-16-9-6-7-13-18(16)19/h3-15,20,22-23H,1-2H3/t15-,20?/m0/s1. The molecule has 0 heterocycles. The molecule has 0 saturated carbocycles. The lowest BCUT2D eigenvalue weighted by Gasteiger charge is -2.22. The van der Waals surface area contributed by atoms with Gasteiger partial charge in [0.1, 0.15) is 0 Å². The third kappa shape index (κ3) is 3.31. The van der Waals surface area contributed by atoms with Crippen LogP contribution in [0.25, 0.3) is 10.8 Å². The molecule has 0 aromatic heterocycles. The molecule has 0 spiro atoms. The Labute approximate surface area is 142 Å². The van der Waals surface area contributed by atoms with Crippen LogP contribution >= 0.6 is 0 Å². The van der Waals surface area contributed by atoms with Gasteiger partial charge in [0.2, 0.25) is 0 Å². The lowest BCUT2D eigenvalue weighted by atomic mass is 9.98. The van der Waals surface area contributed by atoms with Gasteiger partial charge < -0.3 is 10.6 Å². The summed E-state index contributed by atoms with van der Waals surface area (Å²) in [5.41, 5.74) is 1.97. The van der Waals surface area contributed by atoms with Crippen molar-refractivity contribution in [2.24, 2.45) is 0 Å². The lowest BCUT2D eigenvalue weighted by molar-refractivity contribution is -0.121. The first-order chi connectivity index (χ1) is 11.7. The summed E-state index contributed by atoms with van der Waals surface area (Å²) >= 11 is 0. The van der Waals surface area contributed by atoms with Crippen molar-refractivity contribution in [3.63, 3.8) is 0 Å². The number of benzene rings is 3. The van der Waals surface area contributed by atoms with Gasteiger partial charge in [-0.3, -0.25) is 4.79 Å². The predicted molar refractivity (Wildman–Crippen MR) is 100 cm³/mol. The third-order valence-corrected chi connectivity index (χ3v) is 4.29. The lowest BCUT2D eigenvalue weighted by Crippen LogP contribution is -2.36. The van der Waals surface area contributed by atoms with E-state index in [4.69, 9.17) is 0 Å². The first kappa shape index (κ1) is 16.2. The number of hydrogen-bond acceptors (Lipinski definition) is 3. The first-order valence-corrected chi connectivity index (χ1v) is 8.21. The van der Waals surface area contributed by atoms with E-state index in [1.807, 2.05) is 68.6 Å². The smallest absolute Gasteiger partial charge is 0.176 e. The average molecular weight is 318 g/mol. The molecule has 3 aromatic rings. The number of hydrogen-bond donors (Lipinski definition) is 2. The van der Waals surface area contributed by atoms with Crippen LogP contribution in [0, 0.1) is 0 Å². The Morgan fingerprint density at radius 1 is 0.875 bits per heavy atom. The molecule has 0 bridgehead atoms. The molecule has 0 amide bonds. The quantitative estimate of drug-likeness (QED) is 0.717. The molecule has 0 fully saturated rings. The van der Waals surface area contributed by atoms with E-state index < -0.39 is 0 Å². The number of fused-ring (bicyclic) bond motifs is 1. The van der Waals surface area contributed by atoms with Crippen LogP contribution in [0.4, 0.5) is 5.69 Å². The summed E-state index contributed by atoms with van der Waals surface area (Å²) in [4.78, 5) is 12.9. The summed E-state index contributed by atoms with van der Waals surface area (Å²) in [7, 11) is 1.82. The monoisotopic (exact) mass is 318 g/mol. The Bertz CT molecular complexity index is 824. The summed E-state index contributed by atoms with van der Waals surface area (Å²) in [6.07, 6.45) is 0. The van der Waals surface area contributed by atoms with Gasteiger partial charge >= 0.3 is 0 Å². The molecule has 0 aliphatic carbocycles. The van der Waals surface area contributed by atoms with E-state index >= 15 is 0 Å². The zero-order chi connectivity index (χ0) is 16.9. The molecule has 1 unspecified atom stereocenters. The SMILES string of the molecule is CNC(C(=O)[C@H](C)Nc1cccc2ccccc12)c1ccccc1. The van der Waals surface area contributed by atoms with E-state index in [0.717, 1.165) is 22.0 Å². The van der Waals surface area contributed by atoms with Crippen LogP contribution < -0.4 is 10.6 Å². The van der Waals surface area contributed by atoms with Crippen LogP contribution in [-0.4, -0.2) is 18.9 Å². The van der Waals surface area contributed by atoms with Gasteiger partial charge in [-0.05, 0) is 31.0 Å². The second-order valence-electron chi connectivity index (χ2n) is 5.93. The minimum atomic E-state index is -0.316. The van der Waals surface area contributed by atoms with Gasteiger partial charge in [-0.2, -0.15) is 0 Å². The highest BCUT2D eigenvalue weighted by Crippen LogP contribution is 2.24. The number of carbonyl (C=O) groups excluding carboxylic acids is 1. The van der Waals surface area contributed by atoms with Gasteiger partial charge in [-0.1, -0.05) is 66.7 Å². The van der Waals surface area contributed by atoms with Gasteiger partial charge in [-0.25, -0.2) is 0 Å². The molecule has 0 aliphatic heterocycles. The molecule has 24 heavy (non-hydrogen) atoms. The molecule has 0 radical (unpaired) electrons. The van der Waals surface area contributed by atoms with Crippen molar-refractivity contribution < 1.29 is 4.79 Å². The number of ketones is 1. The van der Waals surface area contributed by atoms with Crippen LogP contribution in [0.1, 0.15) is 18.5 Å². The van der Waals surface area contributed by atoms with Gasteiger partial charge in [0, 0.05) is 11.1 Å². The van der Waals surface area contributed by atoms with Crippen molar-refractivity contribution in [1.29, 1.82) is 0 Å². The summed E-state index contributed by atoms with van der Waals surface area (Å²) in [6, 6.07) is 23.5. The number of anilines is 1. The fourth-order valence-electron chi connectivity index (χ4n) is 3.02. The van der Waals surface area contributed by atoms with E-state index in [1.165, 1.54) is 0 Å². The number of carbonyl (C=O) groups is 1. The van der Waals surface area contributed by atoms with Gasteiger partial charge in [0.25, 0.3) is 0 Å². The Morgan fingerprint density at radius 3 is 2.29 bits per heavy atom. The van der Waals surface area contributed by atoms with E-state index in [0.29, 0.717) is 0 Å². The van der Waals surface area contributed by atoms with Crippen molar-refractivity contribution in [3.8, 4) is 0 Å². The summed E-state index contributed by atoms with van der Waals surface area (Å²) < 4.78 is 0. The Hall–Kier alpha value is -2.65. The molecule has 3 aromatic carbocycles. The summed E-state index contributed by atoms with van der Waals surface area (Å²) in [5, 5.41) is 8.80. The normalized spacial score (nSPS) is 13.4. The largest absolute Gasteiger partial charge is 0.375 e. The highest BCUT2D eigenvalue weighted by atomic mass is 16.1.